The van der Waals surface area contributed by atoms with Crippen molar-refractivity contribution in [3.05, 3.63) is 66.0 Å². The Hall–Kier alpha value is -1.36. The van der Waals surface area contributed by atoms with Crippen LogP contribution < -0.4 is 5.32 Å². The third-order valence-electron chi connectivity index (χ3n) is 3.70. The highest BCUT2D eigenvalue weighted by molar-refractivity contribution is 7.99. The lowest BCUT2D eigenvalue weighted by atomic mass is 9.88. The molecule has 2 aromatic rings. The molecule has 0 heterocycles. The van der Waals surface area contributed by atoms with Crippen LogP contribution in [-0.2, 0) is 5.54 Å². The van der Waals surface area contributed by atoms with E-state index in [1.54, 1.807) is 12.1 Å². The van der Waals surface area contributed by atoms with Crippen LogP contribution in [0.5, 0.6) is 0 Å². The number of aliphatic hydroxyl groups is 1. The predicted octanol–water partition coefficient (Wildman–Crippen LogP) is 3.42. The number of nitrogens with one attached hydrogen (secondary N) is 1. The van der Waals surface area contributed by atoms with Crippen molar-refractivity contribution in [3.8, 4) is 0 Å². The summed E-state index contributed by atoms with van der Waals surface area (Å²) in [6.07, 6.45) is 0.711. The Kier molecular flexibility index (Phi) is 5.79. The topological polar surface area (TPSA) is 32.3 Å². The first-order chi connectivity index (χ1) is 10.2. The summed E-state index contributed by atoms with van der Waals surface area (Å²) >= 11 is 1.47. The molecule has 0 fully saturated rings. The summed E-state index contributed by atoms with van der Waals surface area (Å²) in [5, 5.41) is 13.1. The average Bonchev–Trinajstić information content (AvgIpc) is 2.54. The number of likely N-dealkylation sites (N-methyl/N-ethyl adjacent to an activating group) is 1. The highest BCUT2D eigenvalue weighted by Crippen LogP contribution is 2.29. The van der Waals surface area contributed by atoms with E-state index < -0.39 is 5.54 Å². The van der Waals surface area contributed by atoms with Gasteiger partial charge in [0.2, 0.25) is 0 Å². The Balaban J connectivity index is 2.06. The van der Waals surface area contributed by atoms with Crippen molar-refractivity contribution in [1.82, 2.24) is 5.32 Å². The lowest BCUT2D eigenvalue weighted by Gasteiger charge is -2.32. The molecule has 0 spiro atoms. The van der Waals surface area contributed by atoms with Crippen LogP contribution in [0.3, 0.4) is 0 Å². The van der Waals surface area contributed by atoms with E-state index in [0.29, 0.717) is 11.3 Å². The first-order valence-corrected chi connectivity index (χ1v) is 7.93. The van der Waals surface area contributed by atoms with E-state index in [1.807, 2.05) is 43.4 Å². The Morgan fingerprint density at radius 2 is 1.76 bits per heavy atom. The minimum absolute atomic E-state index is 0.00530. The third-order valence-corrected chi connectivity index (χ3v) is 4.75. The van der Waals surface area contributed by atoms with Gasteiger partial charge >= 0.3 is 0 Å². The fourth-order valence-electron chi connectivity index (χ4n) is 2.32. The number of rotatable bonds is 7. The maximum atomic E-state index is 13.6. The van der Waals surface area contributed by atoms with Crippen LogP contribution in [0.25, 0.3) is 0 Å². The maximum absolute atomic E-state index is 13.6. The molecule has 0 saturated carbocycles. The van der Waals surface area contributed by atoms with Crippen LogP contribution in [0.15, 0.2) is 59.5 Å². The molecule has 0 bridgehead atoms. The van der Waals surface area contributed by atoms with Crippen molar-refractivity contribution >= 4 is 11.8 Å². The van der Waals surface area contributed by atoms with Crippen molar-refractivity contribution in [3.63, 3.8) is 0 Å². The maximum Gasteiger partial charge on any atom is 0.136 e. The van der Waals surface area contributed by atoms with Gasteiger partial charge in [-0.25, -0.2) is 4.39 Å². The zero-order valence-corrected chi connectivity index (χ0v) is 12.9. The molecule has 21 heavy (non-hydrogen) atoms. The van der Waals surface area contributed by atoms with Crippen LogP contribution in [0.4, 0.5) is 4.39 Å². The summed E-state index contributed by atoms with van der Waals surface area (Å²) in [5.41, 5.74) is 0.559. The van der Waals surface area contributed by atoms with Crippen LogP contribution in [0.1, 0.15) is 12.0 Å². The van der Waals surface area contributed by atoms with Crippen molar-refractivity contribution in [2.75, 3.05) is 19.4 Å². The van der Waals surface area contributed by atoms with E-state index in [-0.39, 0.29) is 12.4 Å². The van der Waals surface area contributed by atoms with Gasteiger partial charge in [0.1, 0.15) is 5.82 Å². The third kappa shape index (κ3) is 3.84. The Morgan fingerprint density at radius 1 is 1.10 bits per heavy atom. The molecular weight excluding hydrogens is 285 g/mol. The van der Waals surface area contributed by atoms with Crippen molar-refractivity contribution < 1.29 is 9.50 Å². The van der Waals surface area contributed by atoms with Gasteiger partial charge in [-0.05, 0) is 31.2 Å². The number of aliphatic hydroxyl groups excluding tert-OH is 1. The largest absolute Gasteiger partial charge is 0.394 e. The lowest BCUT2D eigenvalue weighted by Crippen LogP contribution is -2.44. The fourth-order valence-corrected chi connectivity index (χ4v) is 3.37. The fraction of sp³-hybridized carbons (Fsp3) is 0.294. The molecule has 2 rings (SSSR count). The second kappa shape index (κ2) is 7.59. The summed E-state index contributed by atoms with van der Waals surface area (Å²) in [4.78, 5) is 0.647. The van der Waals surface area contributed by atoms with Crippen LogP contribution in [0, 0.1) is 5.82 Å². The number of hydrogen-bond donors (Lipinski definition) is 2. The van der Waals surface area contributed by atoms with Crippen LogP contribution in [-0.4, -0.2) is 24.5 Å². The average molecular weight is 305 g/mol. The van der Waals surface area contributed by atoms with E-state index >= 15 is 0 Å². The monoisotopic (exact) mass is 305 g/mol. The van der Waals surface area contributed by atoms with Gasteiger partial charge in [-0.15, -0.1) is 11.8 Å². The molecule has 0 aromatic heterocycles. The van der Waals surface area contributed by atoms with Gasteiger partial charge in [0.15, 0.2) is 0 Å². The molecule has 0 radical (unpaired) electrons. The Morgan fingerprint density at radius 3 is 2.38 bits per heavy atom. The molecule has 0 aliphatic heterocycles. The summed E-state index contributed by atoms with van der Waals surface area (Å²) in [6.45, 7) is 0.00530. The molecular formula is C17H20FNOS. The molecule has 1 unspecified atom stereocenters. The second-order valence-electron chi connectivity index (χ2n) is 4.89. The molecule has 0 aliphatic rings. The molecule has 4 heteroatoms. The Labute approximate surface area is 129 Å². The van der Waals surface area contributed by atoms with Gasteiger partial charge < -0.3 is 10.4 Å². The lowest BCUT2D eigenvalue weighted by molar-refractivity contribution is 0.165. The van der Waals surface area contributed by atoms with Crippen LogP contribution in [0.2, 0.25) is 0 Å². The molecule has 0 aliphatic carbocycles. The number of thioether (sulfide) groups is 1. The number of halogens is 1. The number of hydrogen-bond acceptors (Lipinski definition) is 3. The minimum atomic E-state index is -0.487. The van der Waals surface area contributed by atoms with Gasteiger partial charge in [-0.3, -0.25) is 0 Å². The zero-order valence-electron chi connectivity index (χ0n) is 12.1. The van der Waals surface area contributed by atoms with E-state index in [2.05, 4.69) is 5.32 Å². The molecule has 112 valence electrons. The summed E-state index contributed by atoms with van der Waals surface area (Å²) in [7, 11) is 1.84. The number of benzene rings is 2. The highest BCUT2D eigenvalue weighted by Gasteiger charge is 2.29. The van der Waals surface area contributed by atoms with Gasteiger partial charge in [0, 0.05) is 10.6 Å². The van der Waals surface area contributed by atoms with E-state index in [9.17, 15) is 9.50 Å². The highest BCUT2D eigenvalue weighted by atomic mass is 32.2. The van der Waals surface area contributed by atoms with Crippen molar-refractivity contribution in [1.29, 1.82) is 0 Å². The first-order valence-electron chi connectivity index (χ1n) is 6.94. The predicted molar refractivity (Wildman–Crippen MR) is 86.0 cm³/mol. The first kappa shape index (κ1) is 16.0. The minimum Gasteiger partial charge on any atom is -0.394 e. The van der Waals surface area contributed by atoms with Crippen molar-refractivity contribution in [2.45, 2.75) is 16.9 Å². The summed E-state index contributed by atoms with van der Waals surface area (Å²) < 4.78 is 13.6. The normalized spacial score (nSPS) is 13.9. The summed E-state index contributed by atoms with van der Waals surface area (Å²) in [6, 6.07) is 16.6. The molecule has 0 saturated heterocycles. The molecule has 1 atom stereocenters. The zero-order chi connectivity index (χ0) is 15.1. The summed E-state index contributed by atoms with van der Waals surface area (Å²) in [5.74, 6) is 0.526. The Bertz CT molecular complexity index is 558. The molecule has 2 aromatic carbocycles. The van der Waals surface area contributed by atoms with Gasteiger partial charge in [0.05, 0.1) is 12.1 Å². The van der Waals surface area contributed by atoms with E-state index in [4.69, 9.17) is 0 Å². The van der Waals surface area contributed by atoms with E-state index in [0.717, 1.165) is 11.3 Å². The second-order valence-corrected chi connectivity index (χ2v) is 6.02. The molecule has 2 N–H and O–H groups in total. The van der Waals surface area contributed by atoms with Gasteiger partial charge in [-0.2, -0.15) is 0 Å². The van der Waals surface area contributed by atoms with Gasteiger partial charge in [0.25, 0.3) is 0 Å². The van der Waals surface area contributed by atoms with E-state index in [1.165, 1.54) is 17.8 Å². The SMILES string of the molecule is CNC(CO)(CCSc1ccccc1F)c1ccccc1. The molecule has 0 amide bonds. The van der Waals surface area contributed by atoms with Crippen LogP contribution >= 0.6 is 11.8 Å². The van der Waals surface area contributed by atoms with Crippen molar-refractivity contribution in [2.24, 2.45) is 0 Å². The molecule has 2 nitrogen and oxygen atoms in total. The smallest absolute Gasteiger partial charge is 0.136 e. The standard InChI is InChI=1S/C17H20FNOS/c1-19-17(13-20,14-7-3-2-4-8-14)11-12-21-16-10-6-5-9-15(16)18/h2-10,19-20H,11-13H2,1H3. The quantitative estimate of drug-likeness (QED) is 0.769. The van der Waals surface area contributed by atoms with Gasteiger partial charge in [-0.1, -0.05) is 42.5 Å².